The molecule has 5 N–H and O–H groups in total. The SMILES string of the molecule is CCNc1cc(NCCC(O)CC)nc(N)n1. The molecule has 1 unspecified atom stereocenters. The molecule has 0 spiro atoms. The summed E-state index contributed by atoms with van der Waals surface area (Å²) in [7, 11) is 0. The molecule has 0 saturated carbocycles. The van der Waals surface area contributed by atoms with Crippen LogP contribution in [-0.2, 0) is 0 Å². The molecule has 6 nitrogen and oxygen atoms in total. The lowest BCUT2D eigenvalue weighted by atomic mass is 10.2. The second-order valence-corrected chi connectivity index (χ2v) is 3.80. The van der Waals surface area contributed by atoms with Gasteiger partial charge in [-0.3, -0.25) is 0 Å². The number of nitrogens with zero attached hydrogens (tertiary/aromatic N) is 2. The molecule has 0 radical (unpaired) electrons. The van der Waals surface area contributed by atoms with Gasteiger partial charge in [0, 0.05) is 19.2 Å². The number of nitrogens with two attached hydrogens (primary N) is 1. The topological polar surface area (TPSA) is 96.1 Å². The Labute approximate surface area is 102 Å². The molecule has 1 atom stereocenters. The van der Waals surface area contributed by atoms with Crippen molar-refractivity contribution in [3.05, 3.63) is 6.07 Å². The number of nitrogen functional groups attached to an aromatic ring is 1. The van der Waals surface area contributed by atoms with Crippen LogP contribution < -0.4 is 16.4 Å². The molecule has 0 aliphatic carbocycles. The van der Waals surface area contributed by atoms with E-state index in [-0.39, 0.29) is 12.1 Å². The van der Waals surface area contributed by atoms with E-state index in [2.05, 4.69) is 20.6 Å². The largest absolute Gasteiger partial charge is 0.393 e. The number of aliphatic hydroxyl groups excluding tert-OH is 1. The van der Waals surface area contributed by atoms with E-state index in [4.69, 9.17) is 5.73 Å². The molecule has 96 valence electrons. The molecule has 6 heteroatoms. The lowest BCUT2D eigenvalue weighted by Gasteiger charge is -2.10. The van der Waals surface area contributed by atoms with E-state index in [0.29, 0.717) is 24.6 Å². The van der Waals surface area contributed by atoms with Crippen molar-refractivity contribution in [3.8, 4) is 0 Å². The molecule has 1 aromatic rings. The van der Waals surface area contributed by atoms with Crippen molar-refractivity contribution < 1.29 is 5.11 Å². The van der Waals surface area contributed by atoms with Crippen molar-refractivity contribution in [3.63, 3.8) is 0 Å². The minimum atomic E-state index is -0.269. The summed E-state index contributed by atoms with van der Waals surface area (Å²) in [5.41, 5.74) is 5.60. The Kier molecular flexibility index (Phi) is 5.48. The number of aliphatic hydroxyl groups is 1. The van der Waals surface area contributed by atoms with E-state index < -0.39 is 0 Å². The average molecular weight is 239 g/mol. The van der Waals surface area contributed by atoms with Gasteiger partial charge in [0.15, 0.2) is 0 Å². The second-order valence-electron chi connectivity index (χ2n) is 3.80. The van der Waals surface area contributed by atoms with Crippen LogP contribution in [0.25, 0.3) is 0 Å². The monoisotopic (exact) mass is 239 g/mol. The molecule has 1 aromatic heterocycles. The zero-order valence-electron chi connectivity index (χ0n) is 10.4. The van der Waals surface area contributed by atoms with Crippen LogP contribution in [0.1, 0.15) is 26.7 Å². The fourth-order valence-electron chi connectivity index (χ4n) is 1.40. The highest BCUT2D eigenvalue weighted by molar-refractivity contribution is 5.50. The Morgan fingerprint density at radius 3 is 2.53 bits per heavy atom. The smallest absolute Gasteiger partial charge is 0.223 e. The van der Waals surface area contributed by atoms with Crippen LogP contribution in [0.5, 0.6) is 0 Å². The summed E-state index contributed by atoms with van der Waals surface area (Å²) in [6.07, 6.45) is 1.18. The van der Waals surface area contributed by atoms with Crippen molar-refractivity contribution in [1.29, 1.82) is 0 Å². The van der Waals surface area contributed by atoms with Crippen LogP contribution in [0.15, 0.2) is 6.07 Å². The first kappa shape index (κ1) is 13.5. The van der Waals surface area contributed by atoms with E-state index in [1.165, 1.54) is 0 Å². The van der Waals surface area contributed by atoms with Crippen LogP contribution in [0.4, 0.5) is 17.6 Å². The number of anilines is 3. The molecule has 0 bridgehead atoms. The molecule has 0 fully saturated rings. The van der Waals surface area contributed by atoms with Crippen LogP contribution in [-0.4, -0.2) is 34.3 Å². The first-order valence-corrected chi connectivity index (χ1v) is 5.96. The number of nitrogens with one attached hydrogen (secondary N) is 2. The van der Waals surface area contributed by atoms with Gasteiger partial charge in [0.25, 0.3) is 0 Å². The summed E-state index contributed by atoms with van der Waals surface area (Å²) in [6.45, 7) is 5.39. The summed E-state index contributed by atoms with van der Waals surface area (Å²) in [6, 6.07) is 1.80. The van der Waals surface area contributed by atoms with Gasteiger partial charge in [0.05, 0.1) is 6.10 Å². The summed E-state index contributed by atoms with van der Waals surface area (Å²) >= 11 is 0. The fourth-order valence-corrected chi connectivity index (χ4v) is 1.40. The molecule has 0 saturated heterocycles. The first-order valence-electron chi connectivity index (χ1n) is 5.96. The molecule has 1 rings (SSSR count). The minimum Gasteiger partial charge on any atom is -0.393 e. The van der Waals surface area contributed by atoms with E-state index >= 15 is 0 Å². The molecule has 0 aliphatic rings. The van der Waals surface area contributed by atoms with Crippen LogP contribution in [0.3, 0.4) is 0 Å². The maximum Gasteiger partial charge on any atom is 0.223 e. The van der Waals surface area contributed by atoms with Crippen molar-refractivity contribution in [2.24, 2.45) is 0 Å². The maximum atomic E-state index is 9.42. The summed E-state index contributed by atoms with van der Waals surface area (Å²) in [5, 5.41) is 15.6. The average Bonchev–Trinajstić information content (AvgIpc) is 2.28. The molecule has 0 aromatic carbocycles. The quantitative estimate of drug-likeness (QED) is 0.568. The fraction of sp³-hybridized carbons (Fsp3) is 0.636. The molecule has 0 aliphatic heterocycles. The van der Waals surface area contributed by atoms with Crippen molar-refractivity contribution in [2.45, 2.75) is 32.8 Å². The van der Waals surface area contributed by atoms with Gasteiger partial charge in [0.1, 0.15) is 11.6 Å². The number of aromatic nitrogens is 2. The van der Waals surface area contributed by atoms with Crippen molar-refractivity contribution in [2.75, 3.05) is 29.5 Å². The van der Waals surface area contributed by atoms with Gasteiger partial charge < -0.3 is 21.5 Å². The van der Waals surface area contributed by atoms with Crippen molar-refractivity contribution in [1.82, 2.24) is 9.97 Å². The second kappa shape index (κ2) is 6.90. The highest BCUT2D eigenvalue weighted by Gasteiger charge is 2.03. The summed E-state index contributed by atoms with van der Waals surface area (Å²) < 4.78 is 0. The third kappa shape index (κ3) is 4.86. The molecule has 1 heterocycles. The molecule has 17 heavy (non-hydrogen) atoms. The lowest BCUT2D eigenvalue weighted by Crippen LogP contribution is -2.14. The molecular weight excluding hydrogens is 218 g/mol. The van der Waals surface area contributed by atoms with Crippen molar-refractivity contribution >= 4 is 17.6 Å². The Balaban J connectivity index is 2.52. The standard InChI is InChI=1S/C11H21N5O/c1-3-8(17)5-6-14-10-7-9(13-4-2)15-11(12)16-10/h7-8,17H,3-6H2,1-2H3,(H4,12,13,14,15,16). The lowest BCUT2D eigenvalue weighted by molar-refractivity contribution is 0.164. The highest BCUT2D eigenvalue weighted by Crippen LogP contribution is 2.12. The van der Waals surface area contributed by atoms with Gasteiger partial charge >= 0.3 is 0 Å². The molecule has 0 amide bonds. The van der Waals surface area contributed by atoms with Crippen LogP contribution >= 0.6 is 0 Å². The van der Waals surface area contributed by atoms with E-state index in [1.54, 1.807) is 6.07 Å². The Hall–Kier alpha value is -1.56. The van der Waals surface area contributed by atoms with Gasteiger partial charge in [-0.1, -0.05) is 6.92 Å². The van der Waals surface area contributed by atoms with Gasteiger partial charge in [-0.25, -0.2) is 0 Å². The number of hydrogen-bond donors (Lipinski definition) is 4. The predicted octanol–water partition coefficient (Wildman–Crippen LogP) is 1.06. The van der Waals surface area contributed by atoms with Crippen LogP contribution in [0, 0.1) is 0 Å². The third-order valence-corrected chi connectivity index (χ3v) is 2.36. The summed E-state index contributed by atoms with van der Waals surface area (Å²) in [5.74, 6) is 1.62. The van der Waals surface area contributed by atoms with E-state index in [1.807, 2.05) is 13.8 Å². The van der Waals surface area contributed by atoms with E-state index in [9.17, 15) is 5.11 Å². The zero-order chi connectivity index (χ0) is 12.7. The number of hydrogen-bond acceptors (Lipinski definition) is 6. The normalized spacial score (nSPS) is 12.2. The van der Waals surface area contributed by atoms with Gasteiger partial charge in [-0.2, -0.15) is 9.97 Å². The summed E-state index contributed by atoms with van der Waals surface area (Å²) in [4.78, 5) is 8.12. The van der Waals surface area contributed by atoms with Gasteiger partial charge in [-0.15, -0.1) is 0 Å². The minimum absolute atomic E-state index is 0.238. The Bertz CT molecular complexity index is 345. The third-order valence-electron chi connectivity index (χ3n) is 2.36. The van der Waals surface area contributed by atoms with Gasteiger partial charge in [0.2, 0.25) is 5.95 Å². The highest BCUT2D eigenvalue weighted by atomic mass is 16.3. The maximum absolute atomic E-state index is 9.42. The number of rotatable bonds is 7. The van der Waals surface area contributed by atoms with Crippen LogP contribution in [0.2, 0.25) is 0 Å². The van der Waals surface area contributed by atoms with E-state index in [0.717, 1.165) is 13.0 Å². The molecular formula is C11H21N5O. The Morgan fingerprint density at radius 2 is 1.94 bits per heavy atom. The Morgan fingerprint density at radius 1 is 1.29 bits per heavy atom. The zero-order valence-corrected chi connectivity index (χ0v) is 10.4. The predicted molar refractivity (Wildman–Crippen MR) is 70.0 cm³/mol. The van der Waals surface area contributed by atoms with Gasteiger partial charge in [-0.05, 0) is 19.8 Å². The first-order chi connectivity index (χ1) is 8.15.